The third-order valence-electron chi connectivity index (χ3n) is 4.20. The van der Waals surface area contributed by atoms with Crippen molar-refractivity contribution in [2.24, 2.45) is 0 Å². The minimum Gasteiger partial charge on any atom is -0.456 e. The van der Waals surface area contributed by atoms with Crippen LogP contribution >= 0.6 is 11.3 Å². The maximum absolute atomic E-state index is 14.2. The van der Waals surface area contributed by atoms with Gasteiger partial charge in [-0.15, -0.1) is 11.3 Å². The molecule has 0 aliphatic carbocycles. The van der Waals surface area contributed by atoms with E-state index in [9.17, 15) is 22.4 Å². The number of ether oxygens (including phenoxy) is 1. The summed E-state index contributed by atoms with van der Waals surface area (Å²) < 4.78 is 47.0. The predicted octanol–water partition coefficient (Wildman–Crippen LogP) is 2.28. The van der Waals surface area contributed by atoms with Crippen LogP contribution in [-0.4, -0.2) is 41.2 Å². The van der Waals surface area contributed by atoms with Crippen LogP contribution in [0.1, 0.15) is 29.9 Å². The first-order valence-electron chi connectivity index (χ1n) is 8.70. The zero-order valence-corrected chi connectivity index (χ0v) is 17.3. The summed E-state index contributed by atoms with van der Waals surface area (Å²) in [6.07, 6.45) is 1.58. The summed E-state index contributed by atoms with van der Waals surface area (Å²) in [5.74, 6) is -1.81. The van der Waals surface area contributed by atoms with Crippen molar-refractivity contribution < 1.29 is 22.3 Å². The molecule has 0 amide bonds. The van der Waals surface area contributed by atoms with Crippen LogP contribution in [0.4, 0.5) is 4.39 Å². The van der Waals surface area contributed by atoms with E-state index in [-0.39, 0.29) is 36.5 Å². The number of thiazole rings is 1. The van der Waals surface area contributed by atoms with E-state index in [4.69, 9.17) is 4.74 Å². The number of carbonyl (C=O) groups excluding carboxylic acids is 1. The van der Waals surface area contributed by atoms with Crippen molar-refractivity contribution in [1.82, 2.24) is 13.7 Å². The Morgan fingerprint density at radius 2 is 2.00 bits per heavy atom. The van der Waals surface area contributed by atoms with Crippen LogP contribution in [0.5, 0.6) is 0 Å². The number of hydrogen-bond donors (Lipinski definition) is 0. The average Bonchev–Trinajstić information content (AvgIpc) is 3.16. The molecule has 8 nitrogen and oxygen atoms in total. The first kappa shape index (κ1) is 21.1. The van der Waals surface area contributed by atoms with Crippen molar-refractivity contribution in [2.45, 2.75) is 25.3 Å². The lowest BCUT2D eigenvalue weighted by molar-refractivity contribution is 0.0467. The molecule has 0 aliphatic heterocycles. The van der Waals surface area contributed by atoms with Gasteiger partial charge in [0.05, 0.1) is 11.3 Å². The van der Waals surface area contributed by atoms with E-state index in [1.165, 1.54) is 21.8 Å². The number of halogens is 1. The highest BCUT2D eigenvalue weighted by Gasteiger charge is 2.26. The molecule has 0 radical (unpaired) electrons. The maximum atomic E-state index is 14.2. The second kappa shape index (κ2) is 8.39. The molecule has 0 saturated heterocycles. The van der Waals surface area contributed by atoms with Gasteiger partial charge in [0.25, 0.3) is 5.56 Å². The molecule has 154 valence electrons. The molecule has 3 aromatic rings. The molecule has 0 N–H and O–H groups in total. The molecule has 0 bridgehead atoms. The summed E-state index contributed by atoms with van der Waals surface area (Å²) in [5.41, 5.74) is -0.174. The van der Waals surface area contributed by atoms with Crippen molar-refractivity contribution in [3.05, 3.63) is 63.3 Å². The number of carbonyl (C=O) groups is 1. The van der Waals surface area contributed by atoms with Gasteiger partial charge >= 0.3 is 5.97 Å². The summed E-state index contributed by atoms with van der Waals surface area (Å²) in [6.45, 7) is 3.32. The van der Waals surface area contributed by atoms with Crippen molar-refractivity contribution in [3.8, 4) is 0 Å². The van der Waals surface area contributed by atoms with Crippen LogP contribution in [-0.2, 0) is 21.4 Å². The molecule has 0 unspecified atom stereocenters. The number of esters is 1. The molecule has 0 atom stereocenters. The quantitative estimate of drug-likeness (QED) is 0.524. The fraction of sp³-hybridized carbons (Fsp3) is 0.278. The van der Waals surface area contributed by atoms with Crippen molar-refractivity contribution in [2.75, 3.05) is 13.1 Å². The van der Waals surface area contributed by atoms with Crippen LogP contribution in [0.25, 0.3) is 4.96 Å². The lowest BCUT2D eigenvalue weighted by Gasteiger charge is -2.19. The van der Waals surface area contributed by atoms with Gasteiger partial charge in [0, 0.05) is 30.7 Å². The normalized spacial score (nSPS) is 11.9. The van der Waals surface area contributed by atoms with Gasteiger partial charge in [0.15, 0.2) is 4.96 Å². The molecule has 29 heavy (non-hydrogen) atoms. The van der Waals surface area contributed by atoms with Crippen LogP contribution in [0.3, 0.4) is 0 Å². The Bertz CT molecular complexity index is 1220. The van der Waals surface area contributed by atoms with E-state index >= 15 is 0 Å². The number of benzene rings is 1. The molecule has 0 saturated carbocycles. The van der Waals surface area contributed by atoms with Crippen LogP contribution in [0.15, 0.2) is 45.5 Å². The number of sulfonamides is 1. The highest BCUT2D eigenvalue weighted by atomic mass is 32.2. The molecule has 2 heterocycles. The van der Waals surface area contributed by atoms with Gasteiger partial charge in [-0.25, -0.2) is 22.6 Å². The van der Waals surface area contributed by atoms with Gasteiger partial charge in [-0.05, 0) is 18.2 Å². The van der Waals surface area contributed by atoms with E-state index in [1.807, 2.05) is 0 Å². The van der Waals surface area contributed by atoms with E-state index in [0.29, 0.717) is 4.96 Å². The third kappa shape index (κ3) is 4.21. The first-order chi connectivity index (χ1) is 13.8. The minimum absolute atomic E-state index is 0.119. The van der Waals surface area contributed by atoms with E-state index in [2.05, 4.69) is 4.98 Å². The number of fused-ring (bicyclic) bond motifs is 1. The van der Waals surface area contributed by atoms with Crippen molar-refractivity contribution in [1.29, 1.82) is 0 Å². The first-order valence-corrected chi connectivity index (χ1v) is 11.0. The Hall–Kier alpha value is -2.63. The van der Waals surface area contributed by atoms with Gasteiger partial charge in [-0.2, -0.15) is 4.31 Å². The standard InChI is InChI=1S/C18H18FN3O5S2/c1-3-21(4-2)29(25,26)15-9-12(5-6-14(15)19)17(24)27-11-13-10-16(23)22-7-8-28-18(22)20-13/h5-10H,3-4,11H2,1-2H3. The fourth-order valence-electron chi connectivity index (χ4n) is 2.72. The van der Waals surface area contributed by atoms with Crippen LogP contribution in [0.2, 0.25) is 0 Å². The van der Waals surface area contributed by atoms with Crippen LogP contribution in [0, 0.1) is 5.82 Å². The Labute approximate surface area is 170 Å². The van der Waals surface area contributed by atoms with Gasteiger partial charge in [0.2, 0.25) is 10.0 Å². The van der Waals surface area contributed by atoms with Crippen molar-refractivity contribution in [3.63, 3.8) is 0 Å². The zero-order chi connectivity index (χ0) is 21.2. The lowest BCUT2D eigenvalue weighted by atomic mass is 10.2. The van der Waals surface area contributed by atoms with E-state index in [0.717, 1.165) is 22.5 Å². The second-order valence-electron chi connectivity index (χ2n) is 5.95. The summed E-state index contributed by atoms with van der Waals surface area (Å²) in [4.78, 5) is 28.4. The largest absolute Gasteiger partial charge is 0.456 e. The number of nitrogens with zero attached hydrogens (tertiary/aromatic N) is 3. The van der Waals surface area contributed by atoms with E-state index in [1.54, 1.807) is 25.4 Å². The molecular formula is C18H18FN3O5S2. The average molecular weight is 439 g/mol. The highest BCUT2D eigenvalue weighted by molar-refractivity contribution is 7.89. The SMILES string of the molecule is CCN(CC)S(=O)(=O)c1cc(C(=O)OCc2cc(=O)n3ccsc3n2)ccc1F. The summed E-state index contributed by atoms with van der Waals surface area (Å²) in [6, 6.07) is 4.25. The molecule has 2 aromatic heterocycles. The minimum atomic E-state index is -4.08. The number of aromatic nitrogens is 2. The topological polar surface area (TPSA) is 98.0 Å². The third-order valence-corrected chi connectivity index (χ3v) is 7.02. The fourth-order valence-corrected chi connectivity index (χ4v) is 5.00. The molecule has 11 heteroatoms. The van der Waals surface area contributed by atoms with Gasteiger partial charge in [-0.1, -0.05) is 13.8 Å². The summed E-state index contributed by atoms with van der Waals surface area (Å²) in [5, 5.41) is 1.70. The summed E-state index contributed by atoms with van der Waals surface area (Å²) in [7, 11) is -4.08. The molecule has 0 spiro atoms. The van der Waals surface area contributed by atoms with E-state index < -0.39 is 26.7 Å². The van der Waals surface area contributed by atoms with Gasteiger partial charge < -0.3 is 4.74 Å². The van der Waals surface area contributed by atoms with Crippen molar-refractivity contribution >= 4 is 32.3 Å². The monoisotopic (exact) mass is 439 g/mol. The predicted molar refractivity (Wildman–Crippen MR) is 105 cm³/mol. The molecule has 0 aliphatic rings. The Balaban J connectivity index is 1.83. The molecule has 0 fully saturated rings. The maximum Gasteiger partial charge on any atom is 0.338 e. The van der Waals surface area contributed by atoms with Gasteiger partial charge in [-0.3, -0.25) is 9.20 Å². The highest BCUT2D eigenvalue weighted by Crippen LogP contribution is 2.21. The molecular weight excluding hydrogens is 421 g/mol. The second-order valence-corrected chi connectivity index (χ2v) is 8.73. The van der Waals surface area contributed by atoms with Crippen LogP contribution < -0.4 is 5.56 Å². The molecule has 3 rings (SSSR count). The number of hydrogen-bond acceptors (Lipinski definition) is 7. The Morgan fingerprint density at radius 3 is 2.69 bits per heavy atom. The number of rotatable bonds is 7. The Morgan fingerprint density at radius 1 is 1.28 bits per heavy atom. The molecule has 1 aromatic carbocycles. The van der Waals surface area contributed by atoms with Gasteiger partial charge in [0.1, 0.15) is 17.3 Å². The smallest absolute Gasteiger partial charge is 0.338 e. The Kier molecular flexibility index (Phi) is 6.10. The zero-order valence-electron chi connectivity index (χ0n) is 15.7. The summed E-state index contributed by atoms with van der Waals surface area (Å²) >= 11 is 1.26. The lowest BCUT2D eigenvalue weighted by Crippen LogP contribution is -2.31.